The molecule has 0 heterocycles. The van der Waals surface area contributed by atoms with Crippen molar-refractivity contribution in [2.75, 3.05) is 6.61 Å². The minimum absolute atomic E-state index is 0.347. The maximum atomic E-state index is 11.5. The average Bonchev–Trinajstić information content (AvgIpc) is 2.49. The molecule has 0 unspecified atom stereocenters. The quantitative estimate of drug-likeness (QED) is 0.616. The molecule has 2 aromatic rings. The van der Waals surface area contributed by atoms with Crippen molar-refractivity contribution < 1.29 is 19.1 Å². The van der Waals surface area contributed by atoms with Gasteiger partial charge in [0.25, 0.3) is 0 Å². The van der Waals surface area contributed by atoms with Crippen molar-refractivity contribution in [1.82, 2.24) is 0 Å². The van der Waals surface area contributed by atoms with E-state index in [1.54, 1.807) is 55.5 Å². The van der Waals surface area contributed by atoms with Gasteiger partial charge in [-0.3, -0.25) is 4.79 Å². The Morgan fingerprint density at radius 2 is 1.55 bits per heavy atom. The third-order valence-corrected chi connectivity index (χ3v) is 2.62. The molecule has 4 heteroatoms. The second kappa shape index (κ2) is 6.52. The molecule has 0 bridgehead atoms. The number of hydrogen-bond acceptors (Lipinski definition) is 4. The molecule has 0 amide bonds. The van der Waals surface area contributed by atoms with E-state index in [0.29, 0.717) is 29.2 Å². The van der Waals surface area contributed by atoms with Crippen LogP contribution < -0.4 is 4.74 Å². The van der Waals surface area contributed by atoms with Crippen molar-refractivity contribution in [3.63, 3.8) is 0 Å². The van der Waals surface area contributed by atoms with E-state index in [-0.39, 0.29) is 5.97 Å². The summed E-state index contributed by atoms with van der Waals surface area (Å²) in [5, 5.41) is 0. The van der Waals surface area contributed by atoms with Gasteiger partial charge in [-0.25, -0.2) is 4.79 Å². The molecular formula is C16H14O4. The SMILES string of the molecule is CCOC(=O)c1ccc(Oc2ccc(C=O)cc2)cc1. The molecule has 0 saturated carbocycles. The zero-order valence-corrected chi connectivity index (χ0v) is 11.0. The van der Waals surface area contributed by atoms with Crippen LogP contribution in [0, 0.1) is 0 Å². The molecule has 4 nitrogen and oxygen atoms in total. The summed E-state index contributed by atoms with van der Waals surface area (Å²) in [6.07, 6.45) is 0.776. The van der Waals surface area contributed by atoms with Crippen LogP contribution in [0.25, 0.3) is 0 Å². The van der Waals surface area contributed by atoms with E-state index in [9.17, 15) is 9.59 Å². The Hall–Kier alpha value is -2.62. The third kappa shape index (κ3) is 3.45. The van der Waals surface area contributed by atoms with Crippen molar-refractivity contribution >= 4 is 12.3 Å². The lowest BCUT2D eigenvalue weighted by molar-refractivity contribution is 0.0526. The Labute approximate surface area is 116 Å². The van der Waals surface area contributed by atoms with Crippen LogP contribution in [0.4, 0.5) is 0 Å². The van der Waals surface area contributed by atoms with E-state index >= 15 is 0 Å². The molecule has 2 aromatic carbocycles. The van der Waals surface area contributed by atoms with E-state index in [0.717, 1.165) is 6.29 Å². The highest BCUT2D eigenvalue weighted by molar-refractivity contribution is 5.89. The zero-order chi connectivity index (χ0) is 14.4. The van der Waals surface area contributed by atoms with Gasteiger partial charge >= 0.3 is 5.97 Å². The van der Waals surface area contributed by atoms with Crippen molar-refractivity contribution in [2.45, 2.75) is 6.92 Å². The lowest BCUT2D eigenvalue weighted by atomic mass is 10.2. The smallest absolute Gasteiger partial charge is 0.338 e. The molecule has 0 aliphatic carbocycles. The van der Waals surface area contributed by atoms with Crippen LogP contribution in [0.2, 0.25) is 0 Å². The highest BCUT2D eigenvalue weighted by Gasteiger charge is 2.06. The lowest BCUT2D eigenvalue weighted by Gasteiger charge is -2.06. The molecule has 0 saturated heterocycles. The Kier molecular flexibility index (Phi) is 4.50. The molecule has 102 valence electrons. The monoisotopic (exact) mass is 270 g/mol. The molecule has 0 aliphatic heterocycles. The maximum absolute atomic E-state index is 11.5. The Balaban J connectivity index is 2.06. The second-order valence-corrected chi connectivity index (χ2v) is 4.03. The summed E-state index contributed by atoms with van der Waals surface area (Å²) >= 11 is 0. The molecule has 0 N–H and O–H groups in total. The van der Waals surface area contributed by atoms with Crippen LogP contribution in [0.1, 0.15) is 27.6 Å². The summed E-state index contributed by atoms with van der Waals surface area (Å²) in [5.74, 6) is 0.880. The van der Waals surface area contributed by atoms with Crippen LogP contribution in [-0.4, -0.2) is 18.9 Å². The predicted octanol–water partition coefficient (Wildman–Crippen LogP) is 3.47. The first-order chi connectivity index (χ1) is 9.72. The van der Waals surface area contributed by atoms with E-state index in [1.165, 1.54) is 0 Å². The molecule has 2 rings (SSSR count). The van der Waals surface area contributed by atoms with Crippen LogP contribution in [0.15, 0.2) is 48.5 Å². The summed E-state index contributed by atoms with van der Waals surface area (Å²) in [4.78, 5) is 22.0. The number of hydrogen-bond donors (Lipinski definition) is 0. The van der Waals surface area contributed by atoms with E-state index in [2.05, 4.69) is 0 Å². The molecular weight excluding hydrogens is 256 g/mol. The Morgan fingerprint density at radius 1 is 1.00 bits per heavy atom. The van der Waals surface area contributed by atoms with Crippen molar-refractivity contribution in [3.8, 4) is 11.5 Å². The van der Waals surface area contributed by atoms with Gasteiger partial charge in [-0.15, -0.1) is 0 Å². The number of carbonyl (C=O) groups is 2. The topological polar surface area (TPSA) is 52.6 Å². The third-order valence-electron chi connectivity index (χ3n) is 2.62. The van der Waals surface area contributed by atoms with Gasteiger partial charge in [0, 0.05) is 5.56 Å². The fourth-order valence-electron chi connectivity index (χ4n) is 1.62. The van der Waals surface area contributed by atoms with Crippen molar-refractivity contribution in [1.29, 1.82) is 0 Å². The van der Waals surface area contributed by atoms with Gasteiger partial charge < -0.3 is 9.47 Å². The highest BCUT2D eigenvalue weighted by Crippen LogP contribution is 2.22. The molecule has 0 spiro atoms. The van der Waals surface area contributed by atoms with Gasteiger partial charge in [-0.2, -0.15) is 0 Å². The first kappa shape index (κ1) is 13.8. The average molecular weight is 270 g/mol. The minimum atomic E-state index is -0.352. The zero-order valence-electron chi connectivity index (χ0n) is 11.0. The molecule has 0 radical (unpaired) electrons. The Bertz CT molecular complexity index is 585. The first-order valence-corrected chi connectivity index (χ1v) is 6.23. The van der Waals surface area contributed by atoms with Crippen LogP contribution in [-0.2, 0) is 4.74 Å². The number of ether oxygens (including phenoxy) is 2. The fourth-order valence-corrected chi connectivity index (χ4v) is 1.62. The molecule has 0 aliphatic rings. The molecule has 20 heavy (non-hydrogen) atoms. The molecule has 0 fully saturated rings. The number of benzene rings is 2. The van der Waals surface area contributed by atoms with Gasteiger partial charge in [0.05, 0.1) is 12.2 Å². The highest BCUT2D eigenvalue weighted by atomic mass is 16.5. The minimum Gasteiger partial charge on any atom is -0.462 e. The normalized spacial score (nSPS) is 9.85. The van der Waals surface area contributed by atoms with Gasteiger partial charge in [0.15, 0.2) is 0 Å². The maximum Gasteiger partial charge on any atom is 0.338 e. The number of esters is 1. The summed E-state index contributed by atoms with van der Waals surface area (Å²) in [7, 11) is 0. The first-order valence-electron chi connectivity index (χ1n) is 6.23. The number of carbonyl (C=O) groups excluding carboxylic acids is 2. The van der Waals surface area contributed by atoms with E-state index in [1.807, 2.05) is 0 Å². The van der Waals surface area contributed by atoms with Gasteiger partial charge in [-0.1, -0.05) is 0 Å². The standard InChI is InChI=1S/C16H14O4/c1-2-19-16(18)13-5-9-15(10-6-13)20-14-7-3-12(11-17)4-8-14/h3-11H,2H2,1H3. The summed E-state index contributed by atoms with van der Waals surface area (Å²) < 4.78 is 10.5. The lowest BCUT2D eigenvalue weighted by Crippen LogP contribution is -2.03. The summed E-state index contributed by atoms with van der Waals surface area (Å²) in [6.45, 7) is 2.11. The van der Waals surface area contributed by atoms with E-state index in [4.69, 9.17) is 9.47 Å². The van der Waals surface area contributed by atoms with Gasteiger partial charge in [-0.05, 0) is 55.5 Å². The van der Waals surface area contributed by atoms with Crippen molar-refractivity contribution in [3.05, 3.63) is 59.7 Å². The second-order valence-electron chi connectivity index (χ2n) is 4.03. The summed E-state index contributed by atoms with van der Waals surface area (Å²) in [6, 6.07) is 13.5. The fraction of sp³-hybridized carbons (Fsp3) is 0.125. The molecule has 0 aromatic heterocycles. The van der Waals surface area contributed by atoms with Crippen LogP contribution in [0.3, 0.4) is 0 Å². The van der Waals surface area contributed by atoms with Gasteiger partial charge in [0.2, 0.25) is 0 Å². The molecule has 0 atom stereocenters. The number of rotatable bonds is 5. The summed E-state index contributed by atoms with van der Waals surface area (Å²) in [5.41, 5.74) is 1.07. The van der Waals surface area contributed by atoms with E-state index < -0.39 is 0 Å². The van der Waals surface area contributed by atoms with Crippen LogP contribution in [0.5, 0.6) is 11.5 Å². The van der Waals surface area contributed by atoms with Crippen LogP contribution >= 0.6 is 0 Å². The number of aldehydes is 1. The predicted molar refractivity (Wildman–Crippen MR) is 74.3 cm³/mol. The Morgan fingerprint density at radius 3 is 2.05 bits per heavy atom. The van der Waals surface area contributed by atoms with Gasteiger partial charge in [0.1, 0.15) is 17.8 Å². The largest absolute Gasteiger partial charge is 0.462 e. The van der Waals surface area contributed by atoms with Crippen molar-refractivity contribution in [2.24, 2.45) is 0 Å².